The lowest BCUT2D eigenvalue weighted by atomic mass is 10.4. The lowest BCUT2D eigenvalue weighted by molar-refractivity contribution is -0.134. The molecule has 0 aromatic carbocycles. The molecule has 0 aromatic heterocycles. The predicted octanol–water partition coefficient (Wildman–Crippen LogP) is -1.08. The van der Waals surface area contributed by atoms with Gasteiger partial charge in [-0.05, 0) is 0 Å². The first-order valence-corrected chi connectivity index (χ1v) is 3.93. The third-order valence-corrected chi connectivity index (χ3v) is 1.35. The Bertz CT molecular complexity index is 149. The van der Waals surface area contributed by atoms with E-state index in [1.165, 1.54) is 0 Å². The van der Waals surface area contributed by atoms with E-state index < -0.39 is 23.4 Å². The summed E-state index contributed by atoms with van der Waals surface area (Å²) in [5.41, 5.74) is 5.07. The highest BCUT2D eigenvalue weighted by atomic mass is 32.2. The molecule has 0 amide bonds. The molecule has 0 heterocycles. The van der Waals surface area contributed by atoms with Crippen LogP contribution in [0.3, 0.4) is 0 Å². The van der Waals surface area contributed by atoms with Crippen molar-refractivity contribution in [2.24, 2.45) is 5.73 Å². The van der Waals surface area contributed by atoms with Crippen LogP contribution in [0.4, 0.5) is 0 Å². The summed E-state index contributed by atoms with van der Waals surface area (Å²) in [7, 11) is 0. The minimum atomic E-state index is -2.58. The van der Waals surface area contributed by atoms with Crippen molar-refractivity contribution in [1.29, 1.82) is 0 Å². The van der Waals surface area contributed by atoms with Crippen molar-refractivity contribution in [2.45, 2.75) is 6.04 Å². The smallest absolute Gasteiger partial charge is 0.342 e. The quantitative estimate of drug-likeness (QED) is 0.384. The second-order valence-corrected chi connectivity index (χ2v) is 2.37. The fraction of sp³-hybridized carbons (Fsp3) is 0.667. The average molecular weight is 185 g/mol. The van der Waals surface area contributed by atoms with Crippen LogP contribution in [0.15, 0.2) is 0 Å². The summed E-state index contributed by atoms with van der Waals surface area (Å²) in [5, 5.41) is 0. The van der Waals surface area contributed by atoms with E-state index in [1.807, 2.05) is 0 Å². The van der Waals surface area contributed by atoms with Crippen molar-refractivity contribution in [2.75, 3.05) is 5.75 Å². The predicted molar refractivity (Wildman–Crippen MR) is 38.7 cm³/mol. The zero-order valence-electron chi connectivity index (χ0n) is 4.89. The van der Waals surface area contributed by atoms with E-state index in [0.717, 1.165) is 0 Å². The standard InChI is InChI=1S/C3H7NO4S2/c4-2(1-9)3(5)8-10(6)7/h2,9H,1,4H2,(H,6,7)/t2-/m0/s1. The van der Waals surface area contributed by atoms with Crippen LogP contribution in [0.2, 0.25) is 0 Å². The molecular weight excluding hydrogens is 178 g/mol. The van der Waals surface area contributed by atoms with Gasteiger partial charge in [0.25, 0.3) is 0 Å². The molecule has 0 saturated carbocycles. The SMILES string of the molecule is N[C@@H](CS)C(=O)OS(=O)O. The maximum absolute atomic E-state index is 10.4. The minimum Gasteiger partial charge on any atom is -0.342 e. The first kappa shape index (κ1) is 9.89. The summed E-state index contributed by atoms with van der Waals surface area (Å²) >= 11 is 1.09. The van der Waals surface area contributed by atoms with Crippen LogP contribution in [-0.2, 0) is 20.3 Å². The van der Waals surface area contributed by atoms with Gasteiger partial charge < -0.3 is 9.92 Å². The van der Waals surface area contributed by atoms with Gasteiger partial charge in [-0.2, -0.15) is 16.8 Å². The van der Waals surface area contributed by atoms with Gasteiger partial charge in [-0.3, -0.25) is 4.55 Å². The molecular formula is C3H7NO4S2. The first-order chi connectivity index (χ1) is 4.57. The van der Waals surface area contributed by atoms with Crippen LogP contribution in [0.5, 0.6) is 0 Å². The zero-order chi connectivity index (χ0) is 8.15. The zero-order valence-corrected chi connectivity index (χ0v) is 6.60. The van der Waals surface area contributed by atoms with E-state index in [-0.39, 0.29) is 5.75 Å². The maximum Gasteiger partial charge on any atom is 0.360 e. The molecule has 0 aliphatic carbocycles. The number of carbonyl (C=O) groups excluding carboxylic acids is 1. The van der Waals surface area contributed by atoms with Crippen molar-refractivity contribution in [3.05, 3.63) is 0 Å². The maximum atomic E-state index is 10.4. The second-order valence-electron chi connectivity index (χ2n) is 1.41. The monoisotopic (exact) mass is 185 g/mol. The molecule has 0 rings (SSSR count). The summed E-state index contributed by atoms with van der Waals surface area (Å²) in [4.78, 5) is 10.4. The molecule has 60 valence electrons. The van der Waals surface area contributed by atoms with E-state index in [9.17, 15) is 9.00 Å². The van der Waals surface area contributed by atoms with Crippen molar-refractivity contribution in [3.63, 3.8) is 0 Å². The molecule has 7 heteroatoms. The molecule has 10 heavy (non-hydrogen) atoms. The second kappa shape index (κ2) is 4.67. The van der Waals surface area contributed by atoms with E-state index >= 15 is 0 Å². The van der Waals surface area contributed by atoms with E-state index in [2.05, 4.69) is 16.8 Å². The van der Waals surface area contributed by atoms with Crippen LogP contribution in [-0.4, -0.2) is 26.5 Å². The average Bonchev–Trinajstić information content (AvgIpc) is 1.85. The third kappa shape index (κ3) is 3.83. The Morgan fingerprint density at radius 2 is 2.40 bits per heavy atom. The fourth-order valence-corrected chi connectivity index (χ4v) is 0.620. The van der Waals surface area contributed by atoms with Crippen molar-refractivity contribution in [3.8, 4) is 0 Å². The molecule has 0 bridgehead atoms. The fourth-order valence-electron chi connectivity index (χ4n) is 0.207. The van der Waals surface area contributed by atoms with Gasteiger partial charge in [-0.15, -0.1) is 0 Å². The Morgan fingerprint density at radius 3 is 2.70 bits per heavy atom. The van der Waals surface area contributed by atoms with Crippen molar-refractivity contribution < 1.29 is 17.7 Å². The number of carbonyl (C=O) groups is 1. The molecule has 5 nitrogen and oxygen atoms in total. The number of hydrogen-bond donors (Lipinski definition) is 3. The summed E-state index contributed by atoms with van der Waals surface area (Å²) in [6, 6.07) is -0.945. The van der Waals surface area contributed by atoms with Gasteiger partial charge in [-0.1, -0.05) is 0 Å². The van der Waals surface area contributed by atoms with E-state index in [0.29, 0.717) is 0 Å². The number of rotatable bonds is 3. The Balaban J connectivity index is 3.73. The molecule has 0 fully saturated rings. The summed E-state index contributed by atoms with van der Waals surface area (Å²) in [6.45, 7) is 0. The highest BCUT2D eigenvalue weighted by Gasteiger charge is 2.14. The van der Waals surface area contributed by atoms with Gasteiger partial charge in [0.15, 0.2) is 0 Å². The van der Waals surface area contributed by atoms with Gasteiger partial charge in [0.05, 0.1) is 0 Å². The largest absolute Gasteiger partial charge is 0.360 e. The molecule has 2 atom stereocenters. The minimum absolute atomic E-state index is 0.0794. The van der Waals surface area contributed by atoms with Crippen LogP contribution >= 0.6 is 12.6 Å². The van der Waals surface area contributed by atoms with Crippen LogP contribution in [0.25, 0.3) is 0 Å². The van der Waals surface area contributed by atoms with E-state index in [1.54, 1.807) is 0 Å². The Kier molecular flexibility index (Phi) is 4.62. The molecule has 0 aliphatic rings. The third-order valence-electron chi connectivity index (χ3n) is 0.653. The summed E-state index contributed by atoms with van der Waals surface area (Å²) in [5.74, 6) is -0.855. The van der Waals surface area contributed by atoms with Gasteiger partial charge in [0.2, 0.25) is 0 Å². The Hall–Kier alpha value is -0.110. The lowest BCUT2D eigenvalue weighted by Crippen LogP contribution is -2.34. The number of nitrogens with two attached hydrogens (primary N) is 1. The molecule has 0 saturated heterocycles. The van der Waals surface area contributed by atoms with Crippen molar-refractivity contribution in [1.82, 2.24) is 0 Å². The van der Waals surface area contributed by atoms with Gasteiger partial charge in [0.1, 0.15) is 6.04 Å². The van der Waals surface area contributed by atoms with Gasteiger partial charge in [0, 0.05) is 5.75 Å². The number of thiol groups is 1. The number of hydrogen-bond acceptors (Lipinski definition) is 5. The topological polar surface area (TPSA) is 89.6 Å². The van der Waals surface area contributed by atoms with Crippen LogP contribution in [0.1, 0.15) is 0 Å². The molecule has 0 radical (unpaired) electrons. The van der Waals surface area contributed by atoms with Crippen molar-refractivity contribution >= 4 is 30.0 Å². The van der Waals surface area contributed by atoms with Gasteiger partial charge in [-0.25, -0.2) is 4.79 Å². The van der Waals surface area contributed by atoms with Gasteiger partial charge >= 0.3 is 17.3 Å². The molecule has 0 aliphatic heterocycles. The molecule has 1 unspecified atom stereocenters. The first-order valence-electron chi connectivity index (χ1n) is 2.27. The van der Waals surface area contributed by atoms with Crippen LogP contribution < -0.4 is 5.73 Å². The highest BCUT2D eigenvalue weighted by molar-refractivity contribution is 7.80. The van der Waals surface area contributed by atoms with Crippen LogP contribution in [0, 0.1) is 0 Å². The Labute approximate surface area is 65.8 Å². The molecule has 0 spiro atoms. The normalized spacial score (nSPS) is 15.9. The summed E-state index contributed by atoms with van der Waals surface area (Å²) in [6.07, 6.45) is 0. The Morgan fingerprint density at radius 1 is 1.90 bits per heavy atom. The van der Waals surface area contributed by atoms with E-state index in [4.69, 9.17) is 10.3 Å². The summed E-state index contributed by atoms with van der Waals surface area (Å²) < 4.78 is 21.7. The molecule has 3 N–H and O–H groups in total. The molecule has 0 aromatic rings. The highest BCUT2D eigenvalue weighted by Crippen LogP contribution is 1.89. The lowest BCUT2D eigenvalue weighted by Gasteiger charge is -2.03.